The minimum atomic E-state index is -0.694. The summed E-state index contributed by atoms with van der Waals surface area (Å²) in [6.45, 7) is 1.86. The van der Waals surface area contributed by atoms with E-state index < -0.39 is 5.03 Å². The Hall–Kier alpha value is -1.37. The third kappa shape index (κ3) is 2.70. The Morgan fingerprint density at radius 2 is 2.42 bits per heavy atom. The van der Waals surface area contributed by atoms with E-state index in [-0.39, 0.29) is 18.4 Å². The highest BCUT2D eigenvalue weighted by atomic mass is 35.5. The fourth-order valence-corrected chi connectivity index (χ4v) is 0.591. The van der Waals surface area contributed by atoms with Crippen LogP contribution >= 0.6 is 12.4 Å². The van der Waals surface area contributed by atoms with E-state index in [9.17, 15) is 10.1 Å². The highest BCUT2D eigenvalue weighted by Gasteiger charge is 2.03. The molecule has 0 amide bonds. The van der Waals surface area contributed by atoms with E-state index in [2.05, 4.69) is 15.2 Å². The molecule has 0 saturated heterocycles. The summed E-state index contributed by atoms with van der Waals surface area (Å²) in [4.78, 5) is 13.6. The number of H-pyrrole nitrogens is 1. The standard InChI is InChI=1S/C4H7N5O2.ClH/c1-2-3-5-4(7-6-3)8-9(10)11;/h2H2,1H3,(H2,5,6,7,8);1H. The van der Waals surface area contributed by atoms with Gasteiger partial charge in [-0.15, -0.1) is 12.4 Å². The summed E-state index contributed by atoms with van der Waals surface area (Å²) in [5.74, 6) is 0.612. The zero-order valence-corrected chi connectivity index (χ0v) is 7.09. The normalized spacial score (nSPS) is 8.75. The van der Waals surface area contributed by atoms with Crippen LogP contribution in [0.2, 0.25) is 0 Å². The summed E-state index contributed by atoms with van der Waals surface area (Å²) in [5, 5.41) is 15.2. The third-order valence-electron chi connectivity index (χ3n) is 1.05. The van der Waals surface area contributed by atoms with Gasteiger partial charge in [-0.1, -0.05) is 12.3 Å². The maximum Gasteiger partial charge on any atom is 0.281 e. The van der Waals surface area contributed by atoms with Crippen molar-refractivity contribution in [2.45, 2.75) is 13.3 Å². The molecule has 0 unspecified atom stereocenters. The molecule has 7 nitrogen and oxygen atoms in total. The van der Waals surface area contributed by atoms with Gasteiger partial charge >= 0.3 is 0 Å². The van der Waals surface area contributed by atoms with Crippen LogP contribution in [0.3, 0.4) is 0 Å². The Kier molecular flexibility index (Phi) is 3.98. The number of aromatic nitrogens is 3. The first-order valence-corrected chi connectivity index (χ1v) is 3.04. The second-order valence-corrected chi connectivity index (χ2v) is 1.82. The molecular formula is C4H8ClN5O2. The molecular weight excluding hydrogens is 186 g/mol. The molecule has 8 heteroatoms. The molecule has 0 fully saturated rings. The van der Waals surface area contributed by atoms with Crippen molar-refractivity contribution in [1.82, 2.24) is 15.2 Å². The molecule has 0 saturated carbocycles. The van der Waals surface area contributed by atoms with E-state index in [1.807, 2.05) is 12.3 Å². The van der Waals surface area contributed by atoms with Gasteiger partial charge in [0.15, 0.2) is 10.9 Å². The number of nitro groups is 1. The number of hydrogen-bond donors (Lipinski definition) is 2. The first-order valence-electron chi connectivity index (χ1n) is 3.04. The van der Waals surface area contributed by atoms with E-state index in [1.165, 1.54) is 0 Å². The van der Waals surface area contributed by atoms with Crippen LogP contribution in [0.25, 0.3) is 0 Å². The Morgan fingerprint density at radius 1 is 1.75 bits per heavy atom. The molecule has 0 aliphatic heterocycles. The molecule has 1 aromatic rings. The van der Waals surface area contributed by atoms with Gasteiger partial charge in [0.1, 0.15) is 0 Å². The first-order chi connectivity index (χ1) is 5.22. The van der Waals surface area contributed by atoms with E-state index >= 15 is 0 Å². The van der Waals surface area contributed by atoms with E-state index in [0.29, 0.717) is 12.2 Å². The van der Waals surface area contributed by atoms with Crippen LogP contribution in [0.4, 0.5) is 5.95 Å². The number of rotatable bonds is 3. The van der Waals surface area contributed by atoms with E-state index in [1.54, 1.807) is 0 Å². The quantitative estimate of drug-likeness (QED) is 0.535. The molecule has 0 spiro atoms. The molecule has 0 bridgehead atoms. The van der Waals surface area contributed by atoms with Crippen LogP contribution in [0, 0.1) is 10.1 Å². The van der Waals surface area contributed by atoms with Crippen molar-refractivity contribution < 1.29 is 5.03 Å². The summed E-state index contributed by atoms with van der Waals surface area (Å²) in [5.41, 5.74) is 1.85. The van der Waals surface area contributed by atoms with Crippen molar-refractivity contribution >= 4 is 18.4 Å². The minimum absolute atomic E-state index is 0. The fourth-order valence-electron chi connectivity index (χ4n) is 0.591. The number of hydrazine groups is 1. The highest BCUT2D eigenvalue weighted by Crippen LogP contribution is 1.97. The van der Waals surface area contributed by atoms with Crippen molar-refractivity contribution in [1.29, 1.82) is 0 Å². The van der Waals surface area contributed by atoms with Gasteiger partial charge in [-0.2, -0.15) is 10.1 Å². The largest absolute Gasteiger partial charge is 0.281 e. The smallest absolute Gasteiger partial charge is 0.241 e. The highest BCUT2D eigenvalue weighted by molar-refractivity contribution is 5.85. The number of anilines is 1. The summed E-state index contributed by atoms with van der Waals surface area (Å²) in [7, 11) is 0. The zero-order chi connectivity index (χ0) is 8.27. The van der Waals surface area contributed by atoms with Crippen LogP contribution in [-0.4, -0.2) is 20.2 Å². The lowest BCUT2D eigenvalue weighted by molar-refractivity contribution is -0.446. The zero-order valence-electron chi connectivity index (χ0n) is 6.27. The number of nitrogens with zero attached hydrogens (tertiary/aromatic N) is 3. The predicted molar refractivity (Wildman–Crippen MR) is 43.6 cm³/mol. The summed E-state index contributed by atoms with van der Waals surface area (Å²) in [6, 6.07) is 0. The number of nitrogens with one attached hydrogen (secondary N) is 2. The van der Waals surface area contributed by atoms with Crippen molar-refractivity contribution in [3.8, 4) is 0 Å². The van der Waals surface area contributed by atoms with Crippen molar-refractivity contribution in [2.75, 3.05) is 5.43 Å². The molecule has 12 heavy (non-hydrogen) atoms. The maximum atomic E-state index is 9.87. The lowest BCUT2D eigenvalue weighted by atomic mass is 10.5. The number of halogens is 1. The molecule has 0 aromatic carbocycles. The van der Waals surface area contributed by atoms with Crippen molar-refractivity contribution in [3.63, 3.8) is 0 Å². The monoisotopic (exact) mass is 193 g/mol. The lowest BCUT2D eigenvalue weighted by Crippen LogP contribution is -2.08. The van der Waals surface area contributed by atoms with Gasteiger partial charge < -0.3 is 0 Å². The summed E-state index contributed by atoms with van der Waals surface area (Å²) >= 11 is 0. The molecule has 68 valence electrons. The van der Waals surface area contributed by atoms with Crippen LogP contribution < -0.4 is 5.43 Å². The van der Waals surface area contributed by atoms with Gasteiger partial charge in [0, 0.05) is 6.42 Å². The summed E-state index contributed by atoms with van der Waals surface area (Å²) < 4.78 is 0. The predicted octanol–water partition coefficient (Wildman–Crippen LogP) is 0.392. The molecule has 0 atom stereocenters. The Bertz CT molecular complexity index is 262. The molecule has 1 rings (SSSR count). The second kappa shape index (κ2) is 4.50. The van der Waals surface area contributed by atoms with Crippen LogP contribution in [0.15, 0.2) is 0 Å². The Labute approximate surface area is 74.1 Å². The van der Waals surface area contributed by atoms with Gasteiger partial charge in [-0.05, 0) is 0 Å². The lowest BCUT2D eigenvalue weighted by Gasteiger charge is -1.86. The topological polar surface area (TPSA) is 96.7 Å². The maximum absolute atomic E-state index is 9.87. The molecule has 2 N–H and O–H groups in total. The van der Waals surface area contributed by atoms with Crippen LogP contribution in [-0.2, 0) is 6.42 Å². The average molecular weight is 194 g/mol. The minimum Gasteiger partial charge on any atom is -0.241 e. The number of aromatic amines is 1. The average Bonchev–Trinajstić information content (AvgIpc) is 2.34. The third-order valence-corrected chi connectivity index (χ3v) is 1.05. The Balaban J connectivity index is 0.00000121. The van der Waals surface area contributed by atoms with Crippen molar-refractivity contribution in [2.24, 2.45) is 0 Å². The van der Waals surface area contributed by atoms with Crippen LogP contribution in [0.1, 0.15) is 12.7 Å². The van der Waals surface area contributed by atoms with Crippen molar-refractivity contribution in [3.05, 3.63) is 15.9 Å². The van der Waals surface area contributed by atoms with Crippen LogP contribution in [0.5, 0.6) is 0 Å². The molecule has 1 heterocycles. The molecule has 0 aliphatic rings. The Morgan fingerprint density at radius 3 is 2.83 bits per heavy atom. The first kappa shape index (κ1) is 10.6. The second-order valence-electron chi connectivity index (χ2n) is 1.82. The number of aryl methyl sites for hydroxylation is 1. The molecule has 0 radical (unpaired) electrons. The molecule has 1 aromatic heterocycles. The van der Waals surface area contributed by atoms with Gasteiger partial charge in [-0.25, -0.2) is 15.2 Å². The number of hydrogen-bond acceptors (Lipinski definition) is 4. The van der Waals surface area contributed by atoms with E-state index in [0.717, 1.165) is 0 Å². The van der Waals surface area contributed by atoms with Gasteiger partial charge in [-0.3, -0.25) is 0 Å². The molecule has 0 aliphatic carbocycles. The van der Waals surface area contributed by atoms with Gasteiger partial charge in [0.25, 0.3) is 5.95 Å². The van der Waals surface area contributed by atoms with E-state index in [4.69, 9.17) is 0 Å². The summed E-state index contributed by atoms with van der Waals surface area (Å²) in [6.07, 6.45) is 0.649. The fraction of sp³-hybridized carbons (Fsp3) is 0.500. The SMILES string of the molecule is CCc1n[nH]c(N[N+](=O)[O-])n1.Cl. The van der Waals surface area contributed by atoms with Gasteiger partial charge in [0.2, 0.25) is 0 Å². The van der Waals surface area contributed by atoms with Gasteiger partial charge in [0.05, 0.1) is 0 Å².